The average molecular weight is 247 g/mol. The number of carbonyl (C=O) groups excluding carboxylic acids is 1. The number of rotatable bonds is 2. The maximum Gasteiger partial charge on any atom is 0.247 e. The first-order valence-corrected chi connectivity index (χ1v) is 4.97. The van der Waals surface area contributed by atoms with Gasteiger partial charge in [0.1, 0.15) is 5.75 Å². The molecule has 4 N–H and O–H groups in total. The molecule has 0 aliphatic rings. The van der Waals surface area contributed by atoms with Gasteiger partial charge in [-0.25, -0.2) is 0 Å². The molecule has 0 atom stereocenters. The van der Waals surface area contributed by atoms with Crippen LogP contribution in [0.3, 0.4) is 0 Å². The summed E-state index contributed by atoms with van der Waals surface area (Å²) in [4.78, 5) is 25.2. The van der Waals surface area contributed by atoms with E-state index in [0.29, 0.717) is 0 Å². The largest absolute Gasteiger partial charge is 0.507 e. The van der Waals surface area contributed by atoms with E-state index in [0.717, 1.165) is 12.1 Å². The summed E-state index contributed by atoms with van der Waals surface area (Å²) in [5, 5.41) is 28.0. The lowest BCUT2D eigenvalue weighted by molar-refractivity contribution is 0.103. The highest BCUT2D eigenvalue weighted by Gasteiger charge is 2.16. The fraction of sp³-hybridized carbons (Fsp3) is 0. The molecule has 0 aliphatic carbocycles. The molecule has 0 unspecified atom stereocenters. The van der Waals surface area contributed by atoms with E-state index in [1.807, 2.05) is 0 Å². The molecule has 0 amide bonds. The third-order valence-corrected chi connectivity index (χ3v) is 2.38. The maximum atomic E-state index is 12.0. The quantitative estimate of drug-likeness (QED) is 0.355. The van der Waals surface area contributed by atoms with E-state index in [-0.39, 0.29) is 16.7 Å². The lowest BCUT2D eigenvalue weighted by Gasteiger charge is -2.05. The number of ketones is 1. The Labute approximate surface area is 101 Å². The van der Waals surface area contributed by atoms with Gasteiger partial charge >= 0.3 is 0 Å². The molecular weight excluding hydrogens is 238 g/mol. The van der Waals surface area contributed by atoms with Crippen LogP contribution < -0.4 is 5.56 Å². The summed E-state index contributed by atoms with van der Waals surface area (Å²) < 4.78 is 0. The van der Waals surface area contributed by atoms with Gasteiger partial charge in [-0.1, -0.05) is 0 Å². The molecule has 0 fully saturated rings. The topological polar surface area (TPSA) is 111 Å². The first kappa shape index (κ1) is 11.7. The van der Waals surface area contributed by atoms with Crippen molar-refractivity contribution in [1.29, 1.82) is 0 Å². The Bertz CT molecular complexity index is 654. The number of phenols is 3. The van der Waals surface area contributed by atoms with Gasteiger partial charge in [0, 0.05) is 23.9 Å². The average Bonchev–Trinajstić information content (AvgIpc) is 2.34. The van der Waals surface area contributed by atoms with Crippen LogP contribution in [0.1, 0.15) is 15.9 Å². The number of H-pyrrole nitrogens is 1. The summed E-state index contributed by atoms with van der Waals surface area (Å²) in [7, 11) is 0. The summed E-state index contributed by atoms with van der Waals surface area (Å²) in [6.45, 7) is 0. The number of aromatic hydroxyl groups is 3. The van der Waals surface area contributed by atoms with E-state index in [1.54, 1.807) is 0 Å². The highest BCUT2D eigenvalue weighted by molar-refractivity contribution is 6.10. The van der Waals surface area contributed by atoms with Gasteiger partial charge in [0.25, 0.3) is 0 Å². The Morgan fingerprint density at radius 2 is 1.67 bits per heavy atom. The van der Waals surface area contributed by atoms with Crippen LogP contribution in [0.15, 0.2) is 35.3 Å². The lowest BCUT2D eigenvalue weighted by atomic mass is 10.0. The van der Waals surface area contributed by atoms with E-state index in [2.05, 4.69) is 4.98 Å². The molecule has 18 heavy (non-hydrogen) atoms. The molecular formula is C12H9NO5. The second-order valence-corrected chi connectivity index (χ2v) is 3.63. The third kappa shape index (κ3) is 2.03. The zero-order valence-electron chi connectivity index (χ0n) is 9.04. The summed E-state index contributed by atoms with van der Waals surface area (Å²) in [5.74, 6) is -2.08. The number of phenolic OH excluding ortho intramolecular Hbond substituents is 3. The van der Waals surface area contributed by atoms with Crippen molar-refractivity contribution in [3.8, 4) is 17.2 Å². The minimum atomic E-state index is -0.584. The number of hydrogen-bond acceptors (Lipinski definition) is 5. The van der Waals surface area contributed by atoms with Crippen molar-refractivity contribution in [2.24, 2.45) is 0 Å². The zero-order chi connectivity index (χ0) is 13.3. The van der Waals surface area contributed by atoms with Gasteiger partial charge in [-0.2, -0.15) is 0 Å². The molecule has 0 spiro atoms. The van der Waals surface area contributed by atoms with E-state index in [1.165, 1.54) is 18.3 Å². The summed E-state index contributed by atoms with van der Waals surface area (Å²) in [5.41, 5.74) is -0.378. The minimum absolute atomic E-state index is 0.148. The Kier molecular flexibility index (Phi) is 2.77. The molecule has 0 aliphatic heterocycles. The van der Waals surface area contributed by atoms with Gasteiger partial charge < -0.3 is 20.3 Å². The molecule has 92 valence electrons. The Morgan fingerprint density at radius 1 is 1.00 bits per heavy atom. The van der Waals surface area contributed by atoms with Gasteiger partial charge in [0.2, 0.25) is 5.56 Å². The molecule has 0 bridgehead atoms. The molecule has 0 radical (unpaired) electrons. The predicted octanol–water partition coefficient (Wildman–Crippen LogP) is 0.723. The highest BCUT2D eigenvalue weighted by atomic mass is 16.3. The smallest absolute Gasteiger partial charge is 0.247 e. The molecule has 0 saturated heterocycles. The van der Waals surface area contributed by atoms with Crippen molar-refractivity contribution in [2.75, 3.05) is 0 Å². The SMILES string of the molecule is O=C(c1ccc(=O)[nH]c1)c1cc(O)c(O)cc1O. The van der Waals surface area contributed by atoms with Crippen molar-refractivity contribution >= 4 is 5.78 Å². The van der Waals surface area contributed by atoms with Crippen LogP contribution in [0.4, 0.5) is 0 Å². The van der Waals surface area contributed by atoms with Crippen molar-refractivity contribution < 1.29 is 20.1 Å². The van der Waals surface area contributed by atoms with Crippen LogP contribution in [-0.4, -0.2) is 26.1 Å². The van der Waals surface area contributed by atoms with Crippen LogP contribution in [0, 0.1) is 0 Å². The zero-order valence-corrected chi connectivity index (χ0v) is 9.04. The number of nitrogens with one attached hydrogen (secondary N) is 1. The van der Waals surface area contributed by atoms with Gasteiger partial charge in [-0.05, 0) is 12.1 Å². The second kappa shape index (κ2) is 4.25. The van der Waals surface area contributed by atoms with Gasteiger partial charge in [-0.15, -0.1) is 0 Å². The molecule has 2 aromatic rings. The first-order chi connectivity index (χ1) is 8.49. The highest BCUT2D eigenvalue weighted by Crippen LogP contribution is 2.33. The van der Waals surface area contributed by atoms with Crippen molar-refractivity contribution in [3.63, 3.8) is 0 Å². The predicted molar refractivity (Wildman–Crippen MR) is 61.9 cm³/mol. The third-order valence-electron chi connectivity index (χ3n) is 2.38. The normalized spacial score (nSPS) is 10.2. The first-order valence-electron chi connectivity index (χ1n) is 4.97. The Balaban J connectivity index is 2.49. The monoisotopic (exact) mass is 247 g/mol. The van der Waals surface area contributed by atoms with Gasteiger partial charge in [0.15, 0.2) is 17.3 Å². The van der Waals surface area contributed by atoms with Crippen LogP contribution in [0.5, 0.6) is 17.2 Å². The lowest BCUT2D eigenvalue weighted by Crippen LogP contribution is -2.08. The molecule has 1 heterocycles. The van der Waals surface area contributed by atoms with E-state index in [4.69, 9.17) is 5.11 Å². The number of aromatic amines is 1. The summed E-state index contributed by atoms with van der Waals surface area (Å²) in [6, 6.07) is 4.29. The molecule has 1 aromatic heterocycles. The molecule has 6 heteroatoms. The van der Waals surface area contributed by atoms with Crippen LogP contribution in [0.2, 0.25) is 0 Å². The van der Waals surface area contributed by atoms with Crippen LogP contribution in [-0.2, 0) is 0 Å². The second-order valence-electron chi connectivity index (χ2n) is 3.63. The fourth-order valence-corrected chi connectivity index (χ4v) is 1.45. The fourth-order valence-electron chi connectivity index (χ4n) is 1.45. The molecule has 6 nitrogen and oxygen atoms in total. The standard InChI is InChI=1S/C12H9NO5/c14-8-4-10(16)9(15)3-7(8)12(18)6-1-2-11(17)13-5-6/h1-5,14-16H,(H,13,17). The van der Waals surface area contributed by atoms with Crippen molar-refractivity contribution in [2.45, 2.75) is 0 Å². The molecule has 0 saturated carbocycles. The maximum absolute atomic E-state index is 12.0. The number of carbonyl (C=O) groups is 1. The number of pyridine rings is 1. The summed E-state index contributed by atoms with van der Waals surface area (Å²) >= 11 is 0. The van der Waals surface area contributed by atoms with Gasteiger partial charge in [-0.3, -0.25) is 9.59 Å². The van der Waals surface area contributed by atoms with Crippen molar-refractivity contribution in [1.82, 2.24) is 4.98 Å². The van der Waals surface area contributed by atoms with Crippen LogP contribution >= 0.6 is 0 Å². The molecule has 1 aromatic carbocycles. The Morgan fingerprint density at radius 3 is 2.28 bits per heavy atom. The minimum Gasteiger partial charge on any atom is -0.507 e. The van der Waals surface area contributed by atoms with Crippen molar-refractivity contribution in [3.05, 3.63) is 51.9 Å². The number of benzene rings is 1. The number of aromatic nitrogens is 1. The summed E-state index contributed by atoms with van der Waals surface area (Å²) in [6.07, 6.45) is 1.20. The molecule has 2 rings (SSSR count). The van der Waals surface area contributed by atoms with E-state index < -0.39 is 23.0 Å². The van der Waals surface area contributed by atoms with Crippen LogP contribution in [0.25, 0.3) is 0 Å². The van der Waals surface area contributed by atoms with E-state index in [9.17, 15) is 19.8 Å². The number of hydrogen-bond donors (Lipinski definition) is 4. The Hall–Kier alpha value is -2.76. The van der Waals surface area contributed by atoms with Gasteiger partial charge in [0.05, 0.1) is 5.56 Å². The van der Waals surface area contributed by atoms with E-state index >= 15 is 0 Å².